The number of thiophene rings is 1. The van der Waals surface area contributed by atoms with Crippen molar-refractivity contribution in [3.05, 3.63) is 82.7 Å². The van der Waals surface area contributed by atoms with Crippen LogP contribution in [0.5, 0.6) is 0 Å². The van der Waals surface area contributed by atoms with Gasteiger partial charge < -0.3 is 14.5 Å². The standard InChI is InChI=1S/C22H16N2O4S/c1-27-22(26)18-16(13-7-3-2-4-8-13)12-29-21(18)24-20(25)15-11-14-9-5-6-10-17(14)28-19(15)23/h2-12,23H,1H3,(H,24,25). The minimum atomic E-state index is -0.547. The number of nitrogens with one attached hydrogen (secondary N) is 2. The molecule has 0 fully saturated rings. The molecular formula is C22H16N2O4S. The third kappa shape index (κ3) is 3.55. The Balaban J connectivity index is 1.74. The van der Waals surface area contributed by atoms with Crippen molar-refractivity contribution in [2.24, 2.45) is 0 Å². The first-order valence-corrected chi connectivity index (χ1v) is 9.60. The van der Waals surface area contributed by atoms with Crippen molar-refractivity contribution in [3.8, 4) is 11.1 Å². The lowest BCUT2D eigenvalue weighted by molar-refractivity contribution is 0.0603. The highest BCUT2D eigenvalue weighted by atomic mass is 32.1. The Labute approximate surface area is 169 Å². The van der Waals surface area contributed by atoms with Crippen molar-refractivity contribution >= 4 is 39.2 Å². The summed E-state index contributed by atoms with van der Waals surface area (Å²) in [6, 6.07) is 18.1. The van der Waals surface area contributed by atoms with Crippen molar-refractivity contribution < 1.29 is 18.7 Å². The number of rotatable bonds is 4. The first-order chi connectivity index (χ1) is 14.1. The van der Waals surface area contributed by atoms with E-state index in [1.165, 1.54) is 18.4 Å². The van der Waals surface area contributed by atoms with E-state index in [1.54, 1.807) is 29.6 Å². The van der Waals surface area contributed by atoms with E-state index in [-0.39, 0.29) is 16.7 Å². The molecule has 2 aromatic heterocycles. The summed E-state index contributed by atoms with van der Waals surface area (Å²) in [5.74, 6) is -1.08. The Bertz CT molecular complexity index is 1270. The lowest BCUT2D eigenvalue weighted by Crippen LogP contribution is -2.21. The molecule has 0 unspecified atom stereocenters. The smallest absolute Gasteiger partial charge is 0.341 e. The van der Waals surface area contributed by atoms with E-state index in [0.717, 1.165) is 5.56 Å². The van der Waals surface area contributed by atoms with Gasteiger partial charge in [-0.2, -0.15) is 0 Å². The minimum Gasteiger partial charge on any atom is -0.465 e. The van der Waals surface area contributed by atoms with Gasteiger partial charge in [0.1, 0.15) is 21.7 Å². The number of ether oxygens (including phenoxy) is 1. The molecule has 0 spiro atoms. The molecule has 6 nitrogen and oxygen atoms in total. The van der Waals surface area contributed by atoms with Crippen LogP contribution in [0.15, 0.2) is 70.5 Å². The first-order valence-electron chi connectivity index (χ1n) is 8.72. The van der Waals surface area contributed by atoms with Crippen LogP contribution in [0, 0.1) is 5.41 Å². The lowest BCUT2D eigenvalue weighted by atomic mass is 10.0. The van der Waals surface area contributed by atoms with Crippen LogP contribution in [0.4, 0.5) is 5.00 Å². The topological polar surface area (TPSA) is 92.4 Å². The highest BCUT2D eigenvalue weighted by Gasteiger charge is 2.23. The minimum absolute atomic E-state index is 0.0779. The fraction of sp³-hybridized carbons (Fsp3) is 0.0455. The predicted molar refractivity (Wildman–Crippen MR) is 111 cm³/mol. The molecule has 2 aromatic carbocycles. The Hall–Kier alpha value is -3.71. The summed E-state index contributed by atoms with van der Waals surface area (Å²) < 4.78 is 10.4. The molecule has 144 valence electrons. The number of carbonyl (C=O) groups is 2. The number of fused-ring (bicyclic) bond motifs is 1. The monoisotopic (exact) mass is 404 g/mol. The van der Waals surface area contributed by atoms with Gasteiger partial charge in [0.05, 0.1) is 7.11 Å². The molecule has 4 rings (SSSR count). The van der Waals surface area contributed by atoms with E-state index in [1.807, 2.05) is 36.4 Å². The SMILES string of the molecule is COC(=O)c1c(-c2ccccc2)csc1NC(=O)c1cc2ccccc2oc1=N. The zero-order valence-electron chi connectivity index (χ0n) is 15.4. The number of anilines is 1. The molecule has 1 amide bonds. The second-order valence-electron chi connectivity index (χ2n) is 6.19. The summed E-state index contributed by atoms with van der Waals surface area (Å²) >= 11 is 1.22. The lowest BCUT2D eigenvalue weighted by Gasteiger charge is -2.08. The largest absolute Gasteiger partial charge is 0.465 e. The third-order valence-electron chi connectivity index (χ3n) is 4.41. The molecule has 0 atom stereocenters. The number of esters is 1. The normalized spacial score (nSPS) is 10.7. The molecule has 0 aliphatic rings. The van der Waals surface area contributed by atoms with Gasteiger partial charge in [0, 0.05) is 16.3 Å². The predicted octanol–water partition coefficient (Wildman–Crippen LogP) is 4.68. The van der Waals surface area contributed by atoms with Gasteiger partial charge >= 0.3 is 5.97 Å². The highest BCUT2D eigenvalue weighted by Crippen LogP contribution is 2.36. The summed E-state index contributed by atoms with van der Waals surface area (Å²) in [5.41, 5.74) is 2.14. The van der Waals surface area contributed by atoms with Gasteiger partial charge in [-0.25, -0.2) is 4.79 Å². The number of benzene rings is 2. The Morgan fingerprint density at radius 1 is 1.07 bits per heavy atom. The molecule has 0 saturated heterocycles. The quantitative estimate of drug-likeness (QED) is 0.483. The summed E-state index contributed by atoms with van der Waals surface area (Å²) in [5, 5.41) is 13.6. The molecule has 7 heteroatoms. The molecule has 29 heavy (non-hydrogen) atoms. The van der Waals surface area contributed by atoms with Gasteiger partial charge in [-0.15, -0.1) is 11.3 Å². The van der Waals surface area contributed by atoms with Gasteiger partial charge in [0.15, 0.2) is 0 Å². The van der Waals surface area contributed by atoms with Crippen molar-refractivity contribution in [1.82, 2.24) is 0 Å². The van der Waals surface area contributed by atoms with Gasteiger partial charge in [0.2, 0.25) is 5.55 Å². The second kappa shape index (κ2) is 7.73. The maximum Gasteiger partial charge on any atom is 0.341 e. The first kappa shape index (κ1) is 18.6. The number of carbonyl (C=O) groups excluding carboxylic acids is 2. The number of hydrogen-bond donors (Lipinski definition) is 2. The molecular weight excluding hydrogens is 388 g/mol. The van der Waals surface area contributed by atoms with Gasteiger partial charge in [-0.3, -0.25) is 10.2 Å². The van der Waals surface area contributed by atoms with E-state index >= 15 is 0 Å². The molecule has 0 saturated carbocycles. The van der Waals surface area contributed by atoms with E-state index < -0.39 is 11.9 Å². The van der Waals surface area contributed by atoms with Crippen molar-refractivity contribution in [2.45, 2.75) is 0 Å². The van der Waals surface area contributed by atoms with Crippen LogP contribution in [0.1, 0.15) is 20.7 Å². The van der Waals surface area contributed by atoms with E-state index in [9.17, 15) is 9.59 Å². The van der Waals surface area contributed by atoms with Gasteiger partial charge in [0.25, 0.3) is 5.91 Å². The maximum atomic E-state index is 12.9. The van der Waals surface area contributed by atoms with Crippen LogP contribution in [0.3, 0.4) is 0 Å². The van der Waals surface area contributed by atoms with E-state index in [0.29, 0.717) is 21.5 Å². The van der Waals surface area contributed by atoms with Crippen LogP contribution in [-0.4, -0.2) is 19.0 Å². The van der Waals surface area contributed by atoms with E-state index in [4.69, 9.17) is 14.6 Å². The van der Waals surface area contributed by atoms with Crippen LogP contribution in [-0.2, 0) is 4.74 Å². The Kier molecular flexibility index (Phi) is 4.97. The molecule has 2 N–H and O–H groups in total. The van der Waals surface area contributed by atoms with Crippen LogP contribution >= 0.6 is 11.3 Å². The fourth-order valence-corrected chi connectivity index (χ4v) is 3.96. The number of methoxy groups -OCH3 is 1. The summed E-state index contributed by atoms with van der Waals surface area (Å²) in [7, 11) is 1.30. The van der Waals surface area contributed by atoms with Crippen molar-refractivity contribution in [3.63, 3.8) is 0 Å². The average Bonchev–Trinajstić information content (AvgIpc) is 3.16. The Morgan fingerprint density at radius 3 is 2.55 bits per heavy atom. The zero-order valence-corrected chi connectivity index (χ0v) is 16.2. The van der Waals surface area contributed by atoms with Crippen LogP contribution in [0.2, 0.25) is 0 Å². The van der Waals surface area contributed by atoms with Gasteiger partial charge in [-0.05, 0) is 17.7 Å². The van der Waals surface area contributed by atoms with Crippen LogP contribution in [0.25, 0.3) is 22.1 Å². The number of para-hydroxylation sites is 1. The summed E-state index contributed by atoms with van der Waals surface area (Å²) in [6.45, 7) is 0. The van der Waals surface area contributed by atoms with Gasteiger partial charge in [-0.1, -0.05) is 48.5 Å². The molecule has 0 aliphatic heterocycles. The molecule has 0 radical (unpaired) electrons. The summed E-state index contributed by atoms with van der Waals surface area (Å²) in [4.78, 5) is 25.3. The number of hydrogen-bond acceptors (Lipinski definition) is 6. The van der Waals surface area contributed by atoms with Crippen molar-refractivity contribution in [1.29, 1.82) is 5.41 Å². The molecule has 4 aromatic rings. The molecule has 0 bridgehead atoms. The highest BCUT2D eigenvalue weighted by molar-refractivity contribution is 7.15. The number of amides is 1. The molecule has 0 aliphatic carbocycles. The molecule has 2 heterocycles. The zero-order chi connectivity index (χ0) is 20.4. The van der Waals surface area contributed by atoms with Crippen LogP contribution < -0.4 is 10.9 Å². The fourth-order valence-electron chi connectivity index (χ4n) is 3.00. The third-order valence-corrected chi connectivity index (χ3v) is 5.31. The second-order valence-corrected chi connectivity index (χ2v) is 7.07. The van der Waals surface area contributed by atoms with E-state index in [2.05, 4.69) is 5.32 Å². The Morgan fingerprint density at radius 2 is 1.79 bits per heavy atom. The summed E-state index contributed by atoms with van der Waals surface area (Å²) in [6.07, 6.45) is 0. The average molecular weight is 404 g/mol. The van der Waals surface area contributed by atoms with Crippen molar-refractivity contribution in [2.75, 3.05) is 12.4 Å². The maximum absolute atomic E-state index is 12.9.